The number of methoxy groups -OCH3 is 2. The Hall–Kier alpha value is -3.99. The molecule has 0 radical (unpaired) electrons. The average molecular weight is 430 g/mol. The Bertz CT molecular complexity index is 1010. The Balaban J connectivity index is 1.88. The molecule has 0 heterocycles. The molecule has 0 saturated carbocycles. The van der Waals surface area contributed by atoms with Crippen LogP contribution in [0.5, 0.6) is 11.5 Å². The molecule has 10 nitrogen and oxygen atoms in total. The number of hydrogen-bond donors (Lipinski definition) is 3. The lowest BCUT2D eigenvalue weighted by Crippen LogP contribution is -2.48. The molecule has 0 spiro atoms. The van der Waals surface area contributed by atoms with Gasteiger partial charge in [0, 0.05) is 23.8 Å². The van der Waals surface area contributed by atoms with Gasteiger partial charge in [0.2, 0.25) is 5.91 Å². The summed E-state index contributed by atoms with van der Waals surface area (Å²) in [6, 6.07) is 10.4. The molecule has 30 heavy (non-hydrogen) atoms. The maximum atomic E-state index is 12.2. The Morgan fingerprint density at radius 1 is 1.07 bits per heavy atom. The Labute approximate surface area is 177 Å². The molecule has 2 aromatic rings. The summed E-state index contributed by atoms with van der Waals surface area (Å²) in [5.74, 6) is -0.244. The summed E-state index contributed by atoms with van der Waals surface area (Å²) in [6.07, 6.45) is 2.55. The zero-order valence-electron chi connectivity index (χ0n) is 16.0. The molecule has 0 aromatic heterocycles. The van der Waals surface area contributed by atoms with E-state index in [1.807, 2.05) is 0 Å². The van der Waals surface area contributed by atoms with E-state index in [1.165, 1.54) is 50.6 Å². The number of hydrogen-bond acceptors (Lipinski definition) is 7. The first kappa shape index (κ1) is 22.3. The first-order chi connectivity index (χ1) is 14.3. The molecule has 0 fully saturated rings. The molecule has 0 atom stereocenters. The van der Waals surface area contributed by atoms with Crippen molar-refractivity contribution in [3.05, 3.63) is 69.8 Å². The highest BCUT2D eigenvalue weighted by Gasteiger charge is 2.11. The summed E-state index contributed by atoms with van der Waals surface area (Å²) in [4.78, 5) is 34.3. The monoisotopic (exact) mass is 430 g/mol. The Kier molecular flexibility index (Phi) is 7.82. The van der Waals surface area contributed by atoms with Crippen LogP contribution in [0.3, 0.4) is 0 Å². The number of nitro benzene ring substituents is 1. The lowest BCUT2D eigenvalue weighted by Gasteiger charge is -2.11. The molecule has 0 bridgehead atoms. The van der Waals surface area contributed by atoms with Crippen molar-refractivity contribution >= 4 is 40.9 Å². The van der Waals surface area contributed by atoms with Crippen molar-refractivity contribution in [3.8, 4) is 11.5 Å². The summed E-state index contributed by atoms with van der Waals surface area (Å²) in [5, 5.41) is 13.0. The Morgan fingerprint density at radius 3 is 2.47 bits per heavy atom. The van der Waals surface area contributed by atoms with Crippen molar-refractivity contribution in [2.75, 3.05) is 14.2 Å². The topological polar surface area (TPSA) is 132 Å². The minimum Gasteiger partial charge on any atom is -0.493 e. The predicted octanol–water partition coefficient (Wildman–Crippen LogP) is 1.96. The predicted molar refractivity (Wildman–Crippen MR) is 113 cm³/mol. The number of carbonyl (C=O) groups excluding carboxylic acids is 2. The molecule has 2 amide bonds. The normalized spacial score (nSPS) is 10.2. The van der Waals surface area contributed by atoms with E-state index in [1.54, 1.807) is 12.1 Å². The van der Waals surface area contributed by atoms with Gasteiger partial charge < -0.3 is 9.47 Å². The molecule has 156 valence electrons. The second kappa shape index (κ2) is 10.5. The molecule has 0 saturated heterocycles. The molecule has 0 unspecified atom stereocenters. The van der Waals surface area contributed by atoms with Gasteiger partial charge in [-0.15, -0.1) is 0 Å². The number of benzene rings is 2. The largest absolute Gasteiger partial charge is 0.493 e. The maximum Gasteiger partial charge on any atom is 0.270 e. The quantitative estimate of drug-likeness (QED) is 0.274. The molecule has 3 N–H and O–H groups in total. The second-order valence-electron chi connectivity index (χ2n) is 5.65. The second-order valence-corrected chi connectivity index (χ2v) is 6.06. The first-order valence-corrected chi connectivity index (χ1v) is 8.80. The minimum absolute atomic E-state index is 0.0902. The number of non-ortho nitro benzene ring substituents is 1. The van der Waals surface area contributed by atoms with E-state index in [9.17, 15) is 19.7 Å². The van der Waals surface area contributed by atoms with Gasteiger partial charge in [0.05, 0.1) is 19.1 Å². The van der Waals surface area contributed by atoms with Crippen LogP contribution in [0.15, 0.2) is 48.5 Å². The van der Waals surface area contributed by atoms with Crippen molar-refractivity contribution in [1.29, 1.82) is 0 Å². The van der Waals surface area contributed by atoms with Crippen LogP contribution in [-0.2, 0) is 4.79 Å². The van der Waals surface area contributed by atoms with Gasteiger partial charge in [-0.1, -0.05) is 12.1 Å². The van der Waals surface area contributed by atoms with Crippen LogP contribution in [0.25, 0.3) is 6.08 Å². The van der Waals surface area contributed by atoms with E-state index in [2.05, 4.69) is 16.2 Å². The number of nitrogens with zero attached hydrogens (tertiary/aromatic N) is 1. The fraction of sp³-hybridized carbons (Fsp3) is 0.105. The van der Waals surface area contributed by atoms with Crippen LogP contribution in [0.4, 0.5) is 5.69 Å². The summed E-state index contributed by atoms with van der Waals surface area (Å²) in [7, 11) is 2.93. The molecular weight excluding hydrogens is 412 g/mol. The fourth-order valence-electron chi connectivity index (χ4n) is 2.26. The van der Waals surface area contributed by atoms with E-state index in [-0.39, 0.29) is 16.4 Å². The third-order valence-electron chi connectivity index (χ3n) is 3.68. The average Bonchev–Trinajstić information content (AvgIpc) is 2.75. The van der Waals surface area contributed by atoms with Crippen molar-refractivity contribution in [2.45, 2.75) is 0 Å². The van der Waals surface area contributed by atoms with E-state index in [0.717, 1.165) is 6.08 Å². The minimum atomic E-state index is -0.584. The summed E-state index contributed by atoms with van der Waals surface area (Å²) < 4.78 is 10.2. The fourth-order valence-corrected chi connectivity index (χ4v) is 2.41. The zero-order valence-corrected chi connectivity index (χ0v) is 16.8. The summed E-state index contributed by atoms with van der Waals surface area (Å²) in [5.41, 5.74) is 5.41. The van der Waals surface area contributed by atoms with Gasteiger partial charge in [0.1, 0.15) is 0 Å². The third-order valence-corrected chi connectivity index (χ3v) is 3.88. The number of rotatable bonds is 6. The van der Waals surface area contributed by atoms with Gasteiger partial charge >= 0.3 is 0 Å². The van der Waals surface area contributed by atoms with Gasteiger partial charge in [-0.3, -0.25) is 35.9 Å². The van der Waals surface area contributed by atoms with Gasteiger partial charge in [-0.05, 0) is 42.1 Å². The third kappa shape index (κ3) is 6.27. The molecule has 0 aliphatic heterocycles. The van der Waals surface area contributed by atoms with Crippen molar-refractivity contribution in [3.63, 3.8) is 0 Å². The molecule has 2 rings (SSSR count). The lowest BCUT2D eigenvalue weighted by atomic mass is 10.2. The van der Waals surface area contributed by atoms with Gasteiger partial charge in [0.25, 0.3) is 11.6 Å². The molecule has 0 aliphatic rings. The number of amides is 2. The van der Waals surface area contributed by atoms with E-state index in [4.69, 9.17) is 21.7 Å². The van der Waals surface area contributed by atoms with E-state index >= 15 is 0 Å². The molecular formula is C19H18N4O6S. The highest BCUT2D eigenvalue weighted by Crippen LogP contribution is 2.27. The zero-order chi connectivity index (χ0) is 22.1. The van der Waals surface area contributed by atoms with E-state index in [0.29, 0.717) is 17.1 Å². The van der Waals surface area contributed by atoms with Crippen molar-refractivity contribution < 1.29 is 24.0 Å². The highest BCUT2D eigenvalue weighted by atomic mass is 32.1. The SMILES string of the molecule is COc1ccc(C(=O)NNC(=S)NC(=O)/C=C/c2cccc([N+](=O)[O-])c2)cc1OC. The number of carbonyl (C=O) groups is 2. The number of nitro groups is 1. The highest BCUT2D eigenvalue weighted by molar-refractivity contribution is 7.80. The van der Waals surface area contributed by atoms with Gasteiger partial charge in [-0.2, -0.15) is 0 Å². The van der Waals surface area contributed by atoms with Gasteiger partial charge in [0.15, 0.2) is 16.6 Å². The van der Waals surface area contributed by atoms with Crippen LogP contribution < -0.4 is 25.6 Å². The molecule has 11 heteroatoms. The smallest absolute Gasteiger partial charge is 0.270 e. The first-order valence-electron chi connectivity index (χ1n) is 8.40. The van der Waals surface area contributed by atoms with Crippen LogP contribution in [-0.4, -0.2) is 36.1 Å². The van der Waals surface area contributed by atoms with Crippen LogP contribution >= 0.6 is 12.2 Å². The maximum absolute atomic E-state index is 12.2. The van der Waals surface area contributed by atoms with Gasteiger partial charge in [-0.25, -0.2) is 0 Å². The lowest BCUT2D eigenvalue weighted by molar-refractivity contribution is -0.384. The number of thiocarbonyl (C=S) groups is 1. The van der Waals surface area contributed by atoms with E-state index < -0.39 is 16.7 Å². The van der Waals surface area contributed by atoms with Crippen LogP contribution in [0.2, 0.25) is 0 Å². The number of ether oxygens (including phenoxy) is 2. The van der Waals surface area contributed by atoms with Crippen molar-refractivity contribution in [2.24, 2.45) is 0 Å². The van der Waals surface area contributed by atoms with Crippen LogP contribution in [0, 0.1) is 10.1 Å². The van der Waals surface area contributed by atoms with Crippen molar-refractivity contribution in [1.82, 2.24) is 16.2 Å². The number of nitrogens with one attached hydrogen (secondary N) is 3. The number of hydrazine groups is 1. The van der Waals surface area contributed by atoms with Crippen LogP contribution in [0.1, 0.15) is 15.9 Å². The molecule has 2 aromatic carbocycles. The summed E-state index contributed by atoms with van der Waals surface area (Å²) >= 11 is 4.95. The summed E-state index contributed by atoms with van der Waals surface area (Å²) in [6.45, 7) is 0. The Morgan fingerprint density at radius 2 is 1.80 bits per heavy atom. The molecule has 0 aliphatic carbocycles. The standard InChI is InChI=1S/C19H18N4O6S/c1-28-15-8-7-13(11-16(15)29-2)18(25)21-22-19(30)20-17(24)9-6-12-4-3-5-14(10-12)23(26)27/h3-11H,1-2H3,(H,21,25)(H2,20,22,24,30)/b9-6+.